The summed E-state index contributed by atoms with van der Waals surface area (Å²) < 4.78 is 5.42. The largest absolute Gasteiger partial charge is 0.463 e. The highest BCUT2D eigenvalue weighted by Gasteiger charge is 2.31. The molecule has 1 aliphatic carbocycles. The van der Waals surface area contributed by atoms with Gasteiger partial charge < -0.3 is 14.7 Å². The van der Waals surface area contributed by atoms with Gasteiger partial charge in [0.2, 0.25) is 11.9 Å². The fourth-order valence-electron chi connectivity index (χ4n) is 1.74. The van der Waals surface area contributed by atoms with E-state index in [9.17, 15) is 0 Å². The topological polar surface area (TPSA) is 109 Å². The smallest absolute Gasteiger partial charge is 0.323 e. The number of nitrogens with one attached hydrogen (secondary N) is 1. The Kier molecular flexibility index (Phi) is 4.69. The van der Waals surface area contributed by atoms with Crippen LogP contribution in [0.3, 0.4) is 0 Å². The number of hydrogen-bond acceptors (Lipinski definition) is 8. The molecule has 1 aliphatic rings. The molecule has 0 atom stereocenters. The molecule has 19 heavy (non-hydrogen) atoms. The summed E-state index contributed by atoms with van der Waals surface area (Å²) in [5, 5.41) is 9.13. The van der Waals surface area contributed by atoms with E-state index in [1.54, 1.807) is 0 Å². The van der Waals surface area contributed by atoms with Gasteiger partial charge in [-0.25, -0.2) is 5.84 Å². The molecule has 1 heterocycles. The minimum atomic E-state index is 0.0543. The van der Waals surface area contributed by atoms with Crippen LogP contribution in [0.2, 0.25) is 0 Å². The molecule has 0 aromatic carbocycles. The van der Waals surface area contributed by atoms with Crippen LogP contribution in [0.15, 0.2) is 0 Å². The van der Waals surface area contributed by atoms with Crippen molar-refractivity contribution in [2.24, 2.45) is 5.84 Å². The van der Waals surface area contributed by atoms with E-state index in [0.29, 0.717) is 25.1 Å². The van der Waals surface area contributed by atoms with Crippen molar-refractivity contribution < 1.29 is 9.84 Å². The first-order valence-electron chi connectivity index (χ1n) is 6.51. The third-order valence-corrected chi connectivity index (χ3v) is 2.75. The summed E-state index contributed by atoms with van der Waals surface area (Å²) in [6.07, 6.45) is 3.04. The molecule has 0 amide bonds. The predicted molar refractivity (Wildman–Crippen MR) is 70.9 cm³/mol. The number of nitrogen functional groups attached to an aromatic ring is 1. The van der Waals surface area contributed by atoms with Crippen LogP contribution in [0.25, 0.3) is 0 Å². The van der Waals surface area contributed by atoms with Gasteiger partial charge in [0.05, 0.1) is 13.2 Å². The Morgan fingerprint density at radius 2 is 2.21 bits per heavy atom. The molecule has 0 saturated heterocycles. The number of rotatable bonds is 8. The Bertz CT molecular complexity index is 412. The summed E-state index contributed by atoms with van der Waals surface area (Å²) in [5.41, 5.74) is 2.41. The second-order valence-electron chi connectivity index (χ2n) is 4.38. The Morgan fingerprint density at radius 1 is 1.42 bits per heavy atom. The molecule has 1 fully saturated rings. The zero-order valence-corrected chi connectivity index (χ0v) is 11.0. The standard InChI is InChI=1S/C11H20N6O2/c1-2-7-19-11-14-9(16-12)13-10(15-11)17(5-6-18)8-3-4-8/h8,18H,2-7,12H2,1H3,(H,13,14,15,16). The summed E-state index contributed by atoms with van der Waals surface area (Å²) in [6.45, 7) is 3.09. The first-order valence-corrected chi connectivity index (χ1v) is 6.51. The SMILES string of the molecule is CCCOc1nc(NN)nc(N(CCO)C2CC2)n1. The minimum absolute atomic E-state index is 0.0543. The molecule has 1 saturated carbocycles. The molecular weight excluding hydrogens is 248 g/mol. The van der Waals surface area contributed by atoms with Gasteiger partial charge in [0, 0.05) is 12.6 Å². The number of nitrogens with two attached hydrogens (primary N) is 1. The molecule has 1 aromatic rings. The van der Waals surface area contributed by atoms with E-state index in [2.05, 4.69) is 20.4 Å². The lowest BCUT2D eigenvalue weighted by Gasteiger charge is -2.21. The van der Waals surface area contributed by atoms with Gasteiger partial charge in [-0.3, -0.25) is 5.43 Å². The van der Waals surface area contributed by atoms with E-state index in [1.165, 1.54) is 0 Å². The van der Waals surface area contributed by atoms with Crippen LogP contribution >= 0.6 is 0 Å². The number of hydrogen-bond donors (Lipinski definition) is 3. The van der Waals surface area contributed by atoms with Gasteiger partial charge >= 0.3 is 6.01 Å². The average molecular weight is 268 g/mol. The zero-order chi connectivity index (χ0) is 13.7. The molecule has 8 nitrogen and oxygen atoms in total. The van der Waals surface area contributed by atoms with Crippen LogP contribution in [0.5, 0.6) is 6.01 Å². The number of aliphatic hydroxyl groups is 1. The summed E-state index contributed by atoms with van der Waals surface area (Å²) in [7, 11) is 0. The fourth-order valence-corrected chi connectivity index (χ4v) is 1.74. The van der Waals surface area contributed by atoms with E-state index in [-0.39, 0.29) is 18.6 Å². The van der Waals surface area contributed by atoms with Gasteiger partial charge in [-0.15, -0.1) is 0 Å². The second-order valence-corrected chi connectivity index (χ2v) is 4.38. The zero-order valence-electron chi connectivity index (χ0n) is 11.0. The summed E-state index contributed by atoms with van der Waals surface area (Å²) in [6, 6.07) is 0.641. The summed E-state index contributed by atoms with van der Waals surface area (Å²) >= 11 is 0. The predicted octanol–water partition coefficient (Wildman–Crippen LogP) is -0.0929. The van der Waals surface area contributed by atoms with E-state index in [4.69, 9.17) is 15.7 Å². The molecule has 0 spiro atoms. The minimum Gasteiger partial charge on any atom is -0.463 e. The van der Waals surface area contributed by atoms with Crippen molar-refractivity contribution in [1.82, 2.24) is 15.0 Å². The van der Waals surface area contributed by atoms with Crippen LogP contribution in [0.1, 0.15) is 26.2 Å². The number of aliphatic hydroxyl groups excluding tert-OH is 1. The number of aromatic nitrogens is 3. The van der Waals surface area contributed by atoms with E-state index in [1.807, 2.05) is 11.8 Å². The maximum absolute atomic E-state index is 9.13. The fraction of sp³-hybridized carbons (Fsp3) is 0.727. The van der Waals surface area contributed by atoms with Gasteiger partial charge in [-0.1, -0.05) is 6.92 Å². The third-order valence-electron chi connectivity index (χ3n) is 2.75. The normalized spacial score (nSPS) is 14.3. The number of nitrogens with zero attached hydrogens (tertiary/aromatic N) is 4. The van der Waals surface area contributed by atoms with Crippen LogP contribution in [0.4, 0.5) is 11.9 Å². The van der Waals surface area contributed by atoms with Gasteiger partial charge in [0.15, 0.2) is 0 Å². The number of ether oxygens (including phenoxy) is 1. The first kappa shape index (κ1) is 13.8. The van der Waals surface area contributed by atoms with Crippen LogP contribution in [0, 0.1) is 0 Å². The summed E-state index contributed by atoms with van der Waals surface area (Å²) in [4.78, 5) is 14.5. The molecular formula is C11H20N6O2. The molecule has 8 heteroatoms. The Hall–Kier alpha value is -1.67. The first-order chi connectivity index (χ1) is 9.28. The second kappa shape index (κ2) is 6.48. The van der Waals surface area contributed by atoms with Gasteiger partial charge in [-0.2, -0.15) is 15.0 Å². The van der Waals surface area contributed by atoms with Gasteiger partial charge in [0.25, 0.3) is 0 Å². The molecule has 0 radical (unpaired) electrons. The highest BCUT2D eigenvalue weighted by atomic mass is 16.5. The lowest BCUT2D eigenvalue weighted by molar-refractivity contribution is 0.289. The highest BCUT2D eigenvalue weighted by molar-refractivity contribution is 5.40. The molecule has 106 valence electrons. The number of anilines is 2. The van der Waals surface area contributed by atoms with Crippen molar-refractivity contribution in [2.45, 2.75) is 32.2 Å². The Balaban J connectivity index is 2.21. The Labute approximate surface area is 112 Å². The van der Waals surface area contributed by atoms with Crippen molar-refractivity contribution in [3.63, 3.8) is 0 Å². The van der Waals surface area contributed by atoms with Crippen molar-refractivity contribution in [3.8, 4) is 6.01 Å². The molecule has 0 bridgehead atoms. The van der Waals surface area contributed by atoms with Gasteiger partial charge in [-0.05, 0) is 19.3 Å². The van der Waals surface area contributed by atoms with Crippen LogP contribution in [-0.2, 0) is 0 Å². The average Bonchev–Trinajstić information content (AvgIpc) is 3.26. The summed E-state index contributed by atoms with van der Waals surface area (Å²) in [5.74, 6) is 6.11. The van der Waals surface area contributed by atoms with Crippen molar-refractivity contribution in [2.75, 3.05) is 30.1 Å². The van der Waals surface area contributed by atoms with Crippen LogP contribution < -0.4 is 20.9 Å². The highest BCUT2D eigenvalue weighted by Crippen LogP contribution is 2.30. The molecule has 0 aliphatic heterocycles. The van der Waals surface area contributed by atoms with E-state index in [0.717, 1.165) is 19.3 Å². The van der Waals surface area contributed by atoms with E-state index >= 15 is 0 Å². The quantitative estimate of drug-likeness (QED) is 0.443. The molecule has 4 N–H and O–H groups in total. The van der Waals surface area contributed by atoms with E-state index < -0.39 is 0 Å². The number of hydrazine groups is 1. The monoisotopic (exact) mass is 268 g/mol. The molecule has 1 aromatic heterocycles. The third kappa shape index (κ3) is 3.65. The maximum atomic E-state index is 9.13. The maximum Gasteiger partial charge on any atom is 0.323 e. The molecule has 2 rings (SSSR count). The van der Waals surface area contributed by atoms with Crippen molar-refractivity contribution >= 4 is 11.9 Å². The van der Waals surface area contributed by atoms with Crippen LogP contribution in [-0.4, -0.2) is 45.9 Å². The lowest BCUT2D eigenvalue weighted by atomic mass is 10.5. The lowest BCUT2D eigenvalue weighted by Crippen LogP contribution is -2.31. The van der Waals surface area contributed by atoms with Crippen molar-refractivity contribution in [1.29, 1.82) is 0 Å². The molecule has 0 unspecified atom stereocenters. The Morgan fingerprint density at radius 3 is 2.79 bits per heavy atom. The van der Waals surface area contributed by atoms with Crippen molar-refractivity contribution in [3.05, 3.63) is 0 Å². The van der Waals surface area contributed by atoms with Gasteiger partial charge in [0.1, 0.15) is 0 Å².